The molecule has 9 heteroatoms. The van der Waals surface area contributed by atoms with Gasteiger partial charge in [0.25, 0.3) is 5.91 Å². The number of hydrogen-bond acceptors (Lipinski definition) is 4. The molecule has 2 amide bonds. The summed E-state index contributed by atoms with van der Waals surface area (Å²) >= 11 is 0. The predicted molar refractivity (Wildman–Crippen MR) is 102 cm³/mol. The van der Waals surface area contributed by atoms with Crippen molar-refractivity contribution in [3.63, 3.8) is 0 Å². The minimum atomic E-state index is -3.35. The Morgan fingerprint density at radius 2 is 1.74 bits per heavy atom. The molecular formula is C18H29N4O4S+. The van der Waals surface area contributed by atoms with Crippen LogP contribution < -0.4 is 15.5 Å². The van der Waals surface area contributed by atoms with Gasteiger partial charge in [-0.2, -0.15) is 4.31 Å². The van der Waals surface area contributed by atoms with Crippen molar-refractivity contribution in [2.45, 2.75) is 25.6 Å². The number of sulfonamides is 1. The van der Waals surface area contributed by atoms with Crippen molar-refractivity contribution in [3.8, 4) is 0 Å². The minimum Gasteiger partial charge on any atom is -0.352 e. The van der Waals surface area contributed by atoms with E-state index in [1.54, 1.807) is 12.1 Å². The number of carbonyl (C=O) groups excluding carboxylic acids is 2. The van der Waals surface area contributed by atoms with Gasteiger partial charge in [0.05, 0.1) is 38.5 Å². The van der Waals surface area contributed by atoms with Crippen LogP contribution in [0.15, 0.2) is 30.3 Å². The van der Waals surface area contributed by atoms with Crippen LogP contribution in [-0.4, -0.2) is 69.8 Å². The zero-order valence-corrected chi connectivity index (χ0v) is 16.7. The van der Waals surface area contributed by atoms with Gasteiger partial charge in [0, 0.05) is 6.04 Å². The van der Waals surface area contributed by atoms with Crippen molar-refractivity contribution >= 4 is 21.8 Å². The molecular weight excluding hydrogens is 368 g/mol. The van der Waals surface area contributed by atoms with Gasteiger partial charge in [-0.25, -0.2) is 8.42 Å². The Kier molecular flexibility index (Phi) is 7.76. The molecule has 8 nitrogen and oxygen atoms in total. The normalized spacial score (nSPS) is 16.3. The van der Waals surface area contributed by atoms with Crippen LogP contribution in [0, 0.1) is 0 Å². The molecule has 0 unspecified atom stereocenters. The number of carbonyl (C=O) groups is 2. The molecule has 0 bridgehead atoms. The van der Waals surface area contributed by atoms with E-state index in [0.717, 1.165) is 10.5 Å². The van der Waals surface area contributed by atoms with Crippen LogP contribution in [0.25, 0.3) is 0 Å². The van der Waals surface area contributed by atoms with Gasteiger partial charge in [-0.1, -0.05) is 30.3 Å². The molecule has 150 valence electrons. The van der Waals surface area contributed by atoms with Crippen LogP contribution in [0.4, 0.5) is 0 Å². The Bertz CT molecular complexity index is 729. The standard InChI is InChI=1S/C18H28N4O4S/c1-15(2)20-17(23)12-19-18(24)13-21-8-10-22(11-9-21)27(25,26)14-16-6-4-3-5-7-16/h3-7,15H,8-14H2,1-2H3,(H,19,24)(H,20,23)/p+1. The summed E-state index contributed by atoms with van der Waals surface area (Å²) < 4.78 is 26.6. The van der Waals surface area contributed by atoms with E-state index in [-0.39, 0.29) is 36.7 Å². The molecule has 1 fully saturated rings. The summed E-state index contributed by atoms with van der Waals surface area (Å²) in [6.45, 7) is 5.84. The quantitative estimate of drug-likeness (QED) is 0.490. The lowest BCUT2D eigenvalue weighted by Crippen LogP contribution is -3.15. The lowest BCUT2D eigenvalue weighted by molar-refractivity contribution is -0.895. The number of quaternary nitrogens is 1. The van der Waals surface area contributed by atoms with Crippen LogP contribution in [0.1, 0.15) is 19.4 Å². The van der Waals surface area contributed by atoms with Gasteiger partial charge in [0.15, 0.2) is 6.54 Å². The molecule has 0 saturated carbocycles. The summed E-state index contributed by atoms with van der Waals surface area (Å²) in [5.74, 6) is -0.427. The van der Waals surface area contributed by atoms with Gasteiger partial charge in [-0.15, -0.1) is 0 Å². The smallest absolute Gasteiger partial charge is 0.275 e. The van der Waals surface area contributed by atoms with E-state index in [2.05, 4.69) is 10.6 Å². The second kappa shape index (κ2) is 9.82. The first kappa shape index (κ1) is 21.3. The summed E-state index contributed by atoms with van der Waals surface area (Å²) in [6, 6.07) is 9.15. The van der Waals surface area contributed by atoms with Crippen LogP contribution in [0.3, 0.4) is 0 Å². The fourth-order valence-electron chi connectivity index (χ4n) is 2.97. The first-order valence-corrected chi connectivity index (χ1v) is 10.8. The van der Waals surface area contributed by atoms with Crippen LogP contribution in [0.5, 0.6) is 0 Å². The number of rotatable bonds is 8. The van der Waals surface area contributed by atoms with Crippen molar-refractivity contribution in [2.75, 3.05) is 39.3 Å². The fraction of sp³-hybridized carbons (Fsp3) is 0.556. The van der Waals surface area contributed by atoms with E-state index in [4.69, 9.17) is 0 Å². The van der Waals surface area contributed by atoms with Crippen molar-refractivity contribution in [1.29, 1.82) is 0 Å². The van der Waals surface area contributed by atoms with Gasteiger partial charge in [0.2, 0.25) is 15.9 Å². The van der Waals surface area contributed by atoms with Gasteiger partial charge in [0.1, 0.15) is 0 Å². The average Bonchev–Trinajstić information content (AvgIpc) is 2.60. The SMILES string of the molecule is CC(C)NC(=O)CNC(=O)C[NH+]1CCN(S(=O)(=O)Cc2ccccc2)CC1. The van der Waals surface area contributed by atoms with Crippen LogP contribution in [-0.2, 0) is 25.4 Å². The molecule has 1 aliphatic heterocycles. The third-order valence-electron chi connectivity index (χ3n) is 4.32. The summed E-state index contributed by atoms with van der Waals surface area (Å²) in [7, 11) is -3.35. The molecule has 27 heavy (non-hydrogen) atoms. The summed E-state index contributed by atoms with van der Waals surface area (Å²) in [4.78, 5) is 24.5. The lowest BCUT2D eigenvalue weighted by Gasteiger charge is -2.31. The number of benzene rings is 1. The fourth-order valence-corrected chi connectivity index (χ4v) is 4.51. The first-order chi connectivity index (χ1) is 12.8. The highest BCUT2D eigenvalue weighted by Gasteiger charge is 2.30. The molecule has 0 spiro atoms. The van der Waals surface area contributed by atoms with E-state index >= 15 is 0 Å². The van der Waals surface area contributed by atoms with Gasteiger partial charge in [-0.3, -0.25) is 9.59 Å². The second-order valence-corrected chi connectivity index (χ2v) is 9.04. The maximum atomic E-state index is 12.5. The second-order valence-electron chi connectivity index (χ2n) is 7.07. The monoisotopic (exact) mass is 397 g/mol. The third-order valence-corrected chi connectivity index (χ3v) is 6.17. The molecule has 1 saturated heterocycles. The molecule has 1 heterocycles. The maximum Gasteiger partial charge on any atom is 0.275 e. The summed E-state index contributed by atoms with van der Waals surface area (Å²) in [5.41, 5.74) is 0.770. The largest absolute Gasteiger partial charge is 0.352 e. The molecule has 0 aromatic heterocycles. The number of piperazine rings is 1. The van der Waals surface area contributed by atoms with Crippen molar-refractivity contribution in [3.05, 3.63) is 35.9 Å². The summed E-state index contributed by atoms with van der Waals surface area (Å²) in [5, 5.41) is 5.32. The zero-order chi connectivity index (χ0) is 19.9. The molecule has 0 radical (unpaired) electrons. The molecule has 0 atom stereocenters. The average molecular weight is 398 g/mol. The van der Waals surface area contributed by atoms with E-state index < -0.39 is 10.0 Å². The molecule has 1 aromatic rings. The topological polar surface area (TPSA) is 100 Å². The Morgan fingerprint density at radius 1 is 1.11 bits per heavy atom. The molecule has 1 aromatic carbocycles. The Balaban J connectivity index is 1.74. The molecule has 1 aliphatic rings. The van der Waals surface area contributed by atoms with E-state index in [9.17, 15) is 18.0 Å². The first-order valence-electron chi connectivity index (χ1n) is 9.17. The van der Waals surface area contributed by atoms with E-state index in [1.165, 1.54) is 4.31 Å². The number of nitrogens with one attached hydrogen (secondary N) is 3. The highest BCUT2D eigenvalue weighted by atomic mass is 32.2. The zero-order valence-electron chi connectivity index (χ0n) is 15.9. The van der Waals surface area contributed by atoms with E-state index in [1.807, 2.05) is 32.0 Å². The minimum absolute atomic E-state index is 0.00534. The molecule has 2 rings (SSSR count). The Morgan fingerprint density at radius 3 is 2.33 bits per heavy atom. The lowest BCUT2D eigenvalue weighted by atomic mass is 10.2. The van der Waals surface area contributed by atoms with Crippen molar-refractivity contribution in [2.24, 2.45) is 0 Å². The highest BCUT2D eigenvalue weighted by molar-refractivity contribution is 7.88. The van der Waals surface area contributed by atoms with Crippen molar-refractivity contribution < 1.29 is 22.9 Å². The maximum absolute atomic E-state index is 12.5. The number of amides is 2. The Hall–Kier alpha value is -1.97. The van der Waals surface area contributed by atoms with Gasteiger partial charge in [-0.05, 0) is 19.4 Å². The molecule has 0 aliphatic carbocycles. The summed E-state index contributed by atoms with van der Waals surface area (Å²) in [6.07, 6.45) is 0. The predicted octanol–water partition coefficient (Wildman–Crippen LogP) is -1.64. The number of nitrogens with zero attached hydrogens (tertiary/aromatic N) is 1. The highest BCUT2D eigenvalue weighted by Crippen LogP contribution is 2.10. The molecule has 3 N–H and O–H groups in total. The van der Waals surface area contributed by atoms with Gasteiger partial charge < -0.3 is 15.5 Å². The van der Waals surface area contributed by atoms with Crippen molar-refractivity contribution in [1.82, 2.24) is 14.9 Å². The Labute approximate surface area is 161 Å². The van der Waals surface area contributed by atoms with Crippen LogP contribution in [0.2, 0.25) is 0 Å². The van der Waals surface area contributed by atoms with Crippen LogP contribution >= 0.6 is 0 Å². The van der Waals surface area contributed by atoms with E-state index in [0.29, 0.717) is 26.2 Å². The number of hydrogen-bond donors (Lipinski definition) is 3. The third kappa shape index (κ3) is 7.28. The van der Waals surface area contributed by atoms with Gasteiger partial charge >= 0.3 is 0 Å².